The average molecular weight is 1100 g/mol. The Morgan fingerprint density at radius 3 is 0.987 bits per heavy atom. The summed E-state index contributed by atoms with van der Waals surface area (Å²) in [6, 6.07) is 0.938. The van der Waals surface area contributed by atoms with E-state index in [0.29, 0.717) is 12.1 Å². The van der Waals surface area contributed by atoms with Crippen LogP contribution in [0.2, 0.25) is 0 Å². The molecule has 1 saturated heterocycles. The lowest BCUT2D eigenvalue weighted by molar-refractivity contribution is -0.0344. The molecular formula is C67H138N4O2S2. The van der Waals surface area contributed by atoms with E-state index in [1.165, 1.54) is 313 Å². The zero-order valence-corrected chi connectivity index (χ0v) is 54.1. The molecular weight excluding hydrogens is 957 g/mol. The SMILES string of the molecule is CCCCCCCCCCCCN(CCCCCCCCCCCC)CCSCCN1CC(COCC)N(CCSCCN(CCCCCCCCCCCC)CC(C)CCCCCCCCCC)CC1COCC. The molecule has 0 aromatic carbocycles. The van der Waals surface area contributed by atoms with Gasteiger partial charge >= 0.3 is 0 Å². The van der Waals surface area contributed by atoms with Gasteiger partial charge in [-0.1, -0.05) is 259 Å². The van der Waals surface area contributed by atoms with Crippen molar-refractivity contribution >= 4 is 23.5 Å². The first-order valence-corrected chi connectivity index (χ1v) is 36.6. The number of piperazine rings is 1. The van der Waals surface area contributed by atoms with Crippen LogP contribution in [0.15, 0.2) is 0 Å². The number of nitrogens with zero attached hydrogens (tertiary/aromatic N) is 4. The third-order valence-electron chi connectivity index (χ3n) is 16.7. The van der Waals surface area contributed by atoms with E-state index < -0.39 is 0 Å². The molecule has 1 heterocycles. The van der Waals surface area contributed by atoms with Gasteiger partial charge in [0.25, 0.3) is 0 Å². The normalized spacial score (nSPS) is 16.1. The number of rotatable bonds is 62. The maximum absolute atomic E-state index is 6.21. The zero-order valence-electron chi connectivity index (χ0n) is 52.5. The molecule has 1 fully saturated rings. The van der Waals surface area contributed by atoms with Crippen LogP contribution in [0.1, 0.15) is 299 Å². The van der Waals surface area contributed by atoms with Crippen molar-refractivity contribution in [2.75, 3.05) is 115 Å². The van der Waals surface area contributed by atoms with Gasteiger partial charge in [0.1, 0.15) is 0 Å². The van der Waals surface area contributed by atoms with Gasteiger partial charge in [-0.05, 0) is 65.1 Å². The highest BCUT2D eigenvalue weighted by Crippen LogP contribution is 2.21. The van der Waals surface area contributed by atoms with Crippen LogP contribution < -0.4 is 0 Å². The molecule has 0 amide bonds. The number of ether oxygens (including phenoxy) is 2. The number of hydrogen-bond donors (Lipinski definition) is 0. The van der Waals surface area contributed by atoms with Crippen LogP contribution >= 0.6 is 23.5 Å². The van der Waals surface area contributed by atoms with Gasteiger partial charge in [-0.15, -0.1) is 0 Å². The van der Waals surface area contributed by atoms with Gasteiger partial charge in [0.05, 0.1) is 13.2 Å². The summed E-state index contributed by atoms with van der Waals surface area (Å²) in [5.74, 6) is 5.77. The minimum absolute atomic E-state index is 0.469. The first kappa shape index (κ1) is 73.5. The van der Waals surface area contributed by atoms with E-state index in [0.717, 1.165) is 58.5 Å². The van der Waals surface area contributed by atoms with Crippen molar-refractivity contribution in [3.63, 3.8) is 0 Å². The predicted octanol–water partition coefficient (Wildman–Crippen LogP) is 19.4. The van der Waals surface area contributed by atoms with E-state index in [1.54, 1.807) is 0 Å². The molecule has 0 radical (unpaired) electrons. The fraction of sp³-hybridized carbons (Fsp3) is 1.00. The molecule has 3 atom stereocenters. The summed E-state index contributed by atoms with van der Waals surface area (Å²) < 4.78 is 12.4. The van der Waals surface area contributed by atoms with Gasteiger partial charge < -0.3 is 19.3 Å². The standard InChI is InChI=1S/C67H138N4O2S2/c1-8-14-18-22-26-30-33-37-41-45-49-68(50-46-42-38-34-31-27-23-19-15-9-2)52-56-74-58-54-70-61-67(64-73-13-6)71(62-66(70)63-72-12-5)55-59-75-57-53-69(51-47-43-39-35-32-28-24-20-16-10-3)60-65(7)48-44-40-36-29-25-21-17-11-4/h65-67H,8-64H2,1-7H3. The molecule has 0 bridgehead atoms. The van der Waals surface area contributed by atoms with Crippen LogP contribution in [0.3, 0.4) is 0 Å². The predicted molar refractivity (Wildman–Crippen MR) is 343 cm³/mol. The summed E-state index contributed by atoms with van der Waals surface area (Å²) in [5.41, 5.74) is 0. The highest BCUT2D eigenvalue weighted by Gasteiger charge is 2.33. The zero-order chi connectivity index (χ0) is 54.2. The molecule has 0 aromatic rings. The quantitative estimate of drug-likeness (QED) is 0.0557. The summed E-state index contributed by atoms with van der Waals surface area (Å²) in [6.07, 6.45) is 55.6. The van der Waals surface area contributed by atoms with Crippen LogP contribution in [0.5, 0.6) is 0 Å². The fourth-order valence-electron chi connectivity index (χ4n) is 11.7. The van der Waals surface area contributed by atoms with Crippen LogP contribution in [0.25, 0.3) is 0 Å². The molecule has 1 aliphatic heterocycles. The van der Waals surface area contributed by atoms with E-state index in [-0.39, 0.29) is 0 Å². The first-order chi connectivity index (χ1) is 37.0. The van der Waals surface area contributed by atoms with Gasteiger partial charge in [0.2, 0.25) is 0 Å². The number of hydrogen-bond acceptors (Lipinski definition) is 8. The fourth-order valence-corrected chi connectivity index (χ4v) is 13.6. The van der Waals surface area contributed by atoms with Crippen molar-refractivity contribution in [1.29, 1.82) is 0 Å². The Balaban J connectivity index is 2.68. The maximum Gasteiger partial charge on any atom is 0.0634 e. The second-order valence-corrected chi connectivity index (χ2v) is 26.3. The Labute approximate surface area is 481 Å². The Kier molecular flexibility index (Phi) is 57.9. The Morgan fingerprint density at radius 1 is 0.360 bits per heavy atom. The molecule has 0 aliphatic carbocycles. The molecule has 0 N–H and O–H groups in total. The largest absolute Gasteiger partial charge is 0.380 e. The minimum Gasteiger partial charge on any atom is -0.380 e. The Hall–Kier alpha value is 0.460. The molecule has 8 heteroatoms. The van der Waals surface area contributed by atoms with E-state index in [4.69, 9.17) is 9.47 Å². The Bertz CT molecular complexity index is 1070. The van der Waals surface area contributed by atoms with Crippen LogP contribution in [-0.4, -0.2) is 147 Å². The molecule has 1 rings (SSSR count). The summed E-state index contributed by atoms with van der Waals surface area (Å²) in [6.45, 7) is 31.7. The molecule has 1 aliphatic rings. The van der Waals surface area contributed by atoms with Crippen molar-refractivity contribution in [3.05, 3.63) is 0 Å². The molecule has 450 valence electrons. The summed E-state index contributed by atoms with van der Waals surface area (Å²) in [4.78, 5) is 11.3. The lowest BCUT2D eigenvalue weighted by atomic mass is 10.0. The maximum atomic E-state index is 6.21. The van der Waals surface area contributed by atoms with Crippen molar-refractivity contribution in [2.45, 2.75) is 311 Å². The highest BCUT2D eigenvalue weighted by atomic mass is 32.2. The first-order valence-electron chi connectivity index (χ1n) is 34.3. The monoisotopic (exact) mass is 1100 g/mol. The molecule has 6 nitrogen and oxygen atoms in total. The minimum atomic E-state index is 0.469. The Morgan fingerprint density at radius 2 is 0.653 bits per heavy atom. The topological polar surface area (TPSA) is 31.4 Å². The smallest absolute Gasteiger partial charge is 0.0634 e. The summed E-state index contributed by atoms with van der Waals surface area (Å²) in [7, 11) is 0. The van der Waals surface area contributed by atoms with Crippen LogP contribution in [0.4, 0.5) is 0 Å². The van der Waals surface area contributed by atoms with Gasteiger partial charge in [0, 0.05) is 94.1 Å². The van der Waals surface area contributed by atoms with E-state index in [2.05, 4.69) is 91.6 Å². The van der Waals surface area contributed by atoms with Gasteiger partial charge in [-0.25, -0.2) is 0 Å². The van der Waals surface area contributed by atoms with Crippen molar-refractivity contribution in [2.24, 2.45) is 5.92 Å². The van der Waals surface area contributed by atoms with Crippen LogP contribution in [-0.2, 0) is 9.47 Å². The van der Waals surface area contributed by atoms with Crippen molar-refractivity contribution in [1.82, 2.24) is 19.6 Å². The van der Waals surface area contributed by atoms with Gasteiger partial charge in [-0.3, -0.25) is 9.80 Å². The lowest BCUT2D eigenvalue weighted by Crippen LogP contribution is -2.61. The van der Waals surface area contributed by atoms with E-state index in [9.17, 15) is 0 Å². The number of unbranched alkanes of at least 4 members (excludes halogenated alkanes) is 34. The van der Waals surface area contributed by atoms with Gasteiger partial charge in [0.15, 0.2) is 0 Å². The average Bonchev–Trinajstić information content (AvgIpc) is 3.41. The molecule has 0 spiro atoms. The van der Waals surface area contributed by atoms with Crippen LogP contribution in [0, 0.1) is 5.92 Å². The molecule has 3 unspecified atom stereocenters. The van der Waals surface area contributed by atoms with Crippen molar-refractivity contribution in [3.8, 4) is 0 Å². The summed E-state index contributed by atoms with van der Waals surface area (Å²) >= 11 is 4.41. The van der Waals surface area contributed by atoms with Gasteiger partial charge in [-0.2, -0.15) is 23.5 Å². The van der Waals surface area contributed by atoms with E-state index in [1.807, 2.05) is 0 Å². The third kappa shape index (κ3) is 47.8. The second-order valence-electron chi connectivity index (χ2n) is 23.9. The third-order valence-corrected chi connectivity index (χ3v) is 18.6. The lowest BCUT2D eigenvalue weighted by Gasteiger charge is -2.46. The second kappa shape index (κ2) is 59.1. The molecule has 0 aromatic heterocycles. The van der Waals surface area contributed by atoms with Crippen molar-refractivity contribution < 1.29 is 9.47 Å². The number of thioether (sulfide) groups is 2. The highest BCUT2D eigenvalue weighted by molar-refractivity contribution is 7.99. The summed E-state index contributed by atoms with van der Waals surface area (Å²) in [5, 5.41) is 0. The molecule has 0 saturated carbocycles. The molecule has 75 heavy (non-hydrogen) atoms. The van der Waals surface area contributed by atoms with E-state index >= 15 is 0 Å².